The molecule has 7 nitrogen and oxygen atoms in total. The van der Waals surface area contributed by atoms with Crippen LogP contribution in [-0.2, 0) is 14.9 Å². The molecule has 1 aromatic carbocycles. The van der Waals surface area contributed by atoms with Gasteiger partial charge in [-0.25, -0.2) is 4.79 Å². The summed E-state index contributed by atoms with van der Waals surface area (Å²) in [5, 5.41) is 2.57. The third kappa shape index (κ3) is 14.1. The lowest BCUT2D eigenvalue weighted by Crippen LogP contribution is -2.28. The first-order valence-electron chi connectivity index (χ1n) is 12.3. The molecule has 2 N–H and O–H groups in total. The van der Waals surface area contributed by atoms with Crippen molar-refractivity contribution in [2.75, 3.05) is 19.4 Å². The highest BCUT2D eigenvalue weighted by Gasteiger charge is 2.18. The molecule has 1 amide bonds. The summed E-state index contributed by atoms with van der Waals surface area (Å²) >= 11 is 0. The lowest BCUT2D eigenvalue weighted by atomic mass is 9.99. The standard InChI is InChI=1S/C25H43NO6S/c1-4-5-6-7-8-9-10-11-12-13-15-24(22-16-17-23(31-3)21(2)20-22)32-25(27)26-18-14-19-33(28,29)30/h16-17,20,24H,4-15,18-19H2,1-3H3,(H,26,27)(H,28,29,30). The largest absolute Gasteiger partial charge is 0.496 e. The van der Waals surface area contributed by atoms with E-state index in [1.54, 1.807) is 7.11 Å². The van der Waals surface area contributed by atoms with E-state index in [2.05, 4.69) is 12.2 Å². The molecule has 0 fully saturated rings. The molecule has 0 saturated heterocycles. The Morgan fingerprint density at radius 1 is 1.00 bits per heavy atom. The van der Waals surface area contributed by atoms with E-state index >= 15 is 0 Å². The van der Waals surface area contributed by atoms with Crippen molar-refractivity contribution in [1.29, 1.82) is 0 Å². The summed E-state index contributed by atoms with van der Waals surface area (Å²) in [7, 11) is -2.41. The van der Waals surface area contributed by atoms with Crippen LogP contribution in [0.5, 0.6) is 5.75 Å². The van der Waals surface area contributed by atoms with Crippen LogP contribution < -0.4 is 10.1 Å². The Morgan fingerprint density at radius 2 is 1.61 bits per heavy atom. The van der Waals surface area contributed by atoms with Crippen LogP contribution >= 0.6 is 0 Å². The quantitative estimate of drug-likeness (QED) is 0.185. The molecule has 1 atom stereocenters. The zero-order chi connectivity index (χ0) is 24.5. The summed E-state index contributed by atoms with van der Waals surface area (Å²) in [4.78, 5) is 12.3. The first-order valence-corrected chi connectivity index (χ1v) is 13.9. The van der Waals surface area contributed by atoms with Gasteiger partial charge < -0.3 is 14.8 Å². The molecule has 33 heavy (non-hydrogen) atoms. The van der Waals surface area contributed by atoms with E-state index in [1.807, 2.05) is 25.1 Å². The molecule has 0 spiro atoms. The third-order valence-corrected chi connectivity index (χ3v) is 6.51. The smallest absolute Gasteiger partial charge is 0.407 e. The van der Waals surface area contributed by atoms with Gasteiger partial charge in [0.2, 0.25) is 0 Å². The van der Waals surface area contributed by atoms with E-state index in [1.165, 1.54) is 51.4 Å². The number of alkyl carbamates (subject to hydrolysis) is 1. The monoisotopic (exact) mass is 485 g/mol. The Morgan fingerprint density at radius 3 is 2.15 bits per heavy atom. The van der Waals surface area contributed by atoms with Crippen molar-refractivity contribution in [2.45, 2.75) is 97.0 Å². The van der Waals surface area contributed by atoms with Crippen molar-refractivity contribution in [2.24, 2.45) is 0 Å². The first kappa shape index (κ1) is 29.2. The number of methoxy groups -OCH3 is 1. The van der Waals surface area contributed by atoms with Crippen molar-refractivity contribution in [3.05, 3.63) is 29.3 Å². The number of nitrogens with one attached hydrogen (secondary N) is 1. The zero-order valence-electron chi connectivity index (χ0n) is 20.6. The van der Waals surface area contributed by atoms with E-state index in [4.69, 9.17) is 14.0 Å². The minimum absolute atomic E-state index is 0.116. The maximum atomic E-state index is 12.3. The number of hydrogen-bond acceptors (Lipinski definition) is 5. The van der Waals surface area contributed by atoms with Gasteiger partial charge in [-0.15, -0.1) is 0 Å². The summed E-state index contributed by atoms with van der Waals surface area (Å²) in [5.41, 5.74) is 1.89. The molecule has 0 heterocycles. The van der Waals surface area contributed by atoms with Crippen molar-refractivity contribution in [3.63, 3.8) is 0 Å². The maximum absolute atomic E-state index is 12.3. The van der Waals surface area contributed by atoms with Gasteiger partial charge in [0.05, 0.1) is 12.9 Å². The molecule has 0 saturated carbocycles. The van der Waals surface area contributed by atoms with Gasteiger partial charge in [-0.2, -0.15) is 8.42 Å². The molecule has 8 heteroatoms. The van der Waals surface area contributed by atoms with Gasteiger partial charge in [0.15, 0.2) is 0 Å². The van der Waals surface area contributed by atoms with Gasteiger partial charge >= 0.3 is 6.09 Å². The van der Waals surface area contributed by atoms with Gasteiger partial charge in [0.1, 0.15) is 11.9 Å². The fraction of sp³-hybridized carbons (Fsp3) is 0.720. The lowest BCUT2D eigenvalue weighted by Gasteiger charge is -2.20. The molecule has 0 aliphatic heterocycles. The number of hydrogen-bond donors (Lipinski definition) is 2. The van der Waals surface area contributed by atoms with E-state index in [9.17, 15) is 13.2 Å². The lowest BCUT2D eigenvalue weighted by molar-refractivity contribution is 0.0907. The SMILES string of the molecule is CCCCCCCCCCCCC(OC(=O)NCCCS(=O)(=O)O)c1ccc(OC)c(C)c1. The van der Waals surface area contributed by atoms with E-state index in [0.717, 1.165) is 36.1 Å². The molecule has 0 aromatic heterocycles. The van der Waals surface area contributed by atoms with Gasteiger partial charge in [-0.05, 0) is 49.4 Å². The predicted octanol–water partition coefficient (Wildman–Crippen LogP) is 6.36. The molecule has 0 aliphatic carbocycles. The number of amides is 1. The van der Waals surface area contributed by atoms with Crippen LogP contribution in [0.2, 0.25) is 0 Å². The van der Waals surface area contributed by atoms with Crippen LogP contribution in [0.4, 0.5) is 4.79 Å². The number of rotatable bonds is 18. The van der Waals surface area contributed by atoms with Gasteiger partial charge in [-0.1, -0.05) is 70.8 Å². The van der Waals surface area contributed by atoms with Crippen molar-refractivity contribution in [1.82, 2.24) is 5.32 Å². The molecule has 1 unspecified atom stereocenters. The summed E-state index contributed by atoms with van der Waals surface area (Å²) < 4.78 is 41.4. The summed E-state index contributed by atoms with van der Waals surface area (Å²) in [6, 6.07) is 5.77. The highest BCUT2D eigenvalue weighted by Crippen LogP contribution is 2.28. The molecule has 0 radical (unpaired) electrons. The average Bonchev–Trinajstić information content (AvgIpc) is 2.76. The highest BCUT2D eigenvalue weighted by molar-refractivity contribution is 7.85. The van der Waals surface area contributed by atoms with E-state index < -0.39 is 22.0 Å². The summed E-state index contributed by atoms with van der Waals surface area (Å²) in [6.07, 6.45) is 12.2. The zero-order valence-corrected chi connectivity index (χ0v) is 21.4. The average molecular weight is 486 g/mol. The normalized spacial score (nSPS) is 12.4. The number of carbonyl (C=O) groups is 1. The number of aryl methyl sites for hydroxylation is 1. The van der Waals surface area contributed by atoms with Crippen molar-refractivity contribution in [3.8, 4) is 5.75 Å². The van der Waals surface area contributed by atoms with Crippen LogP contribution in [0.3, 0.4) is 0 Å². The Hall–Kier alpha value is -1.80. The first-order chi connectivity index (χ1) is 15.8. The Labute approximate surface area is 200 Å². The van der Waals surface area contributed by atoms with Gasteiger partial charge in [0, 0.05) is 6.54 Å². The Kier molecular flexibility index (Phi) is 14.8. The van der Waals surface area contributed by atoms with Crippen LogP contribution in [0.25, 0.3) is 0 Å². The van der Waals surface area contributed by atoms with Crippen molar-refractivity contribution < 1.29 is 27.2 Å². The summed E-state index contributed by atoms with van der Waals surface area (Å²) in [5.74, 6) is 0.388. The van der Waals surface area contributed by atoms with Crippen molar-refractivity contribution >= 4 is 16.2 Å². The third-order valence-electron chi connectivity index (χ3n) is 5.71. The minimum atomic E-state index is -4.03. The Bertz CT molecular complexity index is 781. The number of benzene rings is 1. The minimum Gasteiger partial charge on any atom is -0.496 e. The van der Waals surface area contributed by atoms with E-state index in [-0.39, 0.29) is 19.1 Å². The molecule has 0 bridgehead atoms. The molecular weight excluding hydrogens is 442 g/mol. The fourth-order valence-electron chi connectivity index (χ4n) is 3.83. The van der Waals surface area contributed by atoms with E-state index in [0.29, 0.717) is 0 Å². The predicted molar refractivity (Wildman–Crippen MR) is 132 cm³/mol. The number of carbonyl (C=O) groups excluding carboxylic acids is 1. The molecule has 190 valence electrons. The topological polar surface area (TPSA) is 102 Å². The fourth-order valence-corrected chi connectivity index (χ4v) is 4.34. The molecule has 0 aliphatic rings. The molecule has 1 aromatic rings. The van der Waals surface area contributed by atoms with Crippen LogP contribution in [0.15, 0.2) is 18.2 Å². The Balaban J connectivity index is 2.50. The second-order valence-electron chi connectivity index (χ2n) is 8.66. The van der Waals surface area contributed by atoms with Gasteiger partial charge in [-0.3, -0.25) is 4.55 Å². The van der Waals surface area contributed by atoms with Gasteiger partial charge in [0.25, 0.3) is 10.1 Å². The van der Waals surface area contributed by atoms with Crippen LogP contribution in [0.1, 0.15) is 101 Å². The van der Waals surface area contributed by atoms with Crippen LogP contribution in [-0.4, -0.2) is 38.5 Å². The number of ether oxygens (including phenoxy) is 2. The molecular formula is C25H43NO6S. The second kappa shape index (κ2) is 16.8. The second-order valence-corrected chi connectivity index (χ2v) is 10.2. The number of unbranched alkanes of at least 4 members (excludes halogenated alkanes) is 9. The van der Waals surface area contributed by atoms with Crippen LogP contribution in [0, 0.1) is 6.92 Å². The summed E-state index contributed by atoms with van der Waals surface area (Å²) in [6.45, 7) is 4.30. The maximum Gasteiger partial charge on any atom is 0.407 e. The molecule has 1 rings (SSSR count). The highest BCUT2D eigenvalue weighted by atomic mass is 32.2.